The highest BCUT2D eigenvalue weighted by Gasteiger charge is 2.16. The first-order chi connectivity index (χ1) is 8.56. The molecule has 1 amide bonds. The molecule has 0 spiro atoms. The van der Waals surface area contributed by atoms with Crippen LogP contribution in [0.2, 0.25) is 0 Å². The maximum Gasteiger partial charge on any atom is 0.260 e. The molecule has 1 aromatic carbocycles. The largest absolute Gasteiger partial charge is 0.480 e. The van der Waals surface area contributed by atoms with Gasteiger partial charge >= 0.3 is 0 Å². The third-order valence-corrected chi connectivity index (χ3v) is 2.49. The van der Waals surface area contributed by atoms with Crippen molar-refractivity contribution in [3.8, 4) is 5.75 Å². The Morgan fingerprint density at radius 1 is 1.33 bits per heavy atom. The SMILES string of the molecule is CCCNC(=O)C(C)Oc1ccccc1C(C)=O. The van der Waals surface area contributed by atoms with Gasteiger partial charge in [0.25, 0.3) is 5.91 Å². The van der Waals surface area contributed by atoms with E-state index in [4.69, 9.17) is 4.74 Å². The molecule has 0 aliphatic rings. The lowest BCUT2D eigenvalue weighted by molar-refractivity contribution is -0.127. The average molecular weight is 249 g/mol. The van der Waals surface area contributed by atoms with Crippen molar-refractivity contribution >= 4 is 11.7 Å². The van der Waals surface area contributed by atoms with Crippen molar-refractivity contribution in [2.45, 2.75) is 33.3 Å². The molecule has 4 nitrogen and oxygen atoms in total. The van der Waals surface area contributed by atoms with Gasteiger partial charge in [0, 0.05) is 6.54 Å². The molecular formula is C14H19NO3. The number of Topliss-reactive ketones (excluding diaryl/α,β-unsaturated/α-hetero) is 1. The molecule has 1 N–H and O–H groups in total. The number of hydrogen-bond acceptors (Lipinski definition) is 3. The zero-order valence-electron chi connectivity index (χ0n) is 11.0. The first-order valence-corrected chi connectivity index (χ1v) is 6.10. The summed E-state index contributed by atoms with van der Waals surface area (Å²) in [6, 6.07) is 6.93. The van der Waals surface area contributed by atoms with Crippen LogP contribution < -0.4 is 10.1 Å². The number of hydrogen-bond donors (Lipinski definition) is 1. The number of para-hydroxylation sites is 1. The predicted molar refractivity (Wildman–Crippen MR) is 69.8 cm³/mol. The van der Waals surface area contributed by atoms with E-state index in [0.29, 0.717) is 17.9 Å². The van der Waals surface area contributed by atoms with Crippen molar-refractivity contribution < 1.29 is 14.3 Å². The van der Waals surface area contributed by atoms with E-state index in [1.165, 1.54) is 6.92 Å². The summed E-state index contributed by atoms with van der Waals surface area (Å²) >= 11 is 0. The van der Waals surface area contributed by atoms with Crippen molar-refractivity contribution in [2.75, 3.05) is 6.54 Å². The van der Waals surface area contributed by atoms with Crippen LogP contribution in [0.3, 0.4) is 0 Å². The molecule has 1 aromatic rings. The van der Waals surface area contributed by atoms with Crippen LogP contribution in [0.25, 0.3) is 0 Å². The molecule has 0 heterocycles. The van der Waals surface area contributed by atoms with Gasteiger partial charge in [0.15, 0.2) is 11.9 Å². The molecule has 1 atom stereocenters. The Labute approximate surface area is 107 Å². The topological polar surface area (TPSA) is 55.4 Å². The Kier molecular flexibility index (Phi) is 5.36. The number of ether oxygens (including phenoxy) is 1. The summed E-state index contributed by atoms with van der Waals surface area (Å²) in [5.41, 5.74) is 0.493. The van der Waals surface area contributed by atoms with Gasteiger partial charge in [-0.05, 0) is 32.4 Å². The van der Waals surface area contributed by atoms with Crippen LogP contribution in [0, 0.1) is 0 Å². The van der Waals surface area contributed by atoms with Crippen molar-refractivity contribution in [1.29, 1.82) is 0 Å². The van der Waals surface area contributed by atoms with Crippen LogP contribution >= 0.6 is 0 Å². The normalized spacial score (nSPS) is 11.7. The summed E-state index contributed by atoms with van der Waals surface area (Å²) in [5.74, 6) is 0.200. The number of benzene rings is 1. The summed E-state index contributed by atoms with van der Waals surface area (Å²) in [4.78, 5) is 23.1. The van der Waals surface area contributed by atoms with Crippen LogP contribution in [-0.4, -0.2) is 24.3 Å². The molecule has 0 radical (unpaired) electrons. The monoisotopic (exact) mass is 249 g/mol. The quantitative estimate of drug-likeness (QED) is 0.786. The van der Waals surface area contributed by atoms with E-state index in [2.05, 4.69) is 5.32 Å². The van der Waals surface area contributed by atoms with E-state index in [9.17, 15) is 9.59 Å². The van der Waals surface area contributed by atoms with Crippen molar-refractivity contribution in [2.24, 2.45) is 0 Å². The highest BCUT2D eigenvalue weighted by molar-refractivity contribution is 5.96. The molecule has 0 saturated carbocycles. The summed E-state index contributed by atoms with van der Waals surface area (Å²) in [6.45, 7) is 5.75. The third kappa shape index (κ3) is 3.87. The minimum Gasteiger partial charge on any atom is -0.480 e. The average Bonchev–Trinajstić information content (AvgIpc) is 2.36. The van der Waals surface area contributed by atoms with Gasteiger partial charge < -0.3 is 10.1 Å². The van der Waals surface area contributed by atoms with Crippen LogP contribution in [0.5, 0.6) is 5.75 Å². The smallest absolute Gasteiger partial charge is 0.260 e. The van der Waals surface area contributed by atoms with Gasteiger partial charge in [-0.15, -0.1) is 0 Å². The Morgan fingerprint density at radius 2 is 2.00 bits per heavy atom. The van der Waals surface area contributed by atoms with Crippen LogP contribution in [-0.2, 0) is 4.79 Å². The Bertz CT molecular complexity index is 429. The second-order valence-electron chi connectivity index (χ2n) is 4.10. The number of carbonyl (C=O) groups is 2. The number of ketones is 1. The number of carbonyl (C=O) groups excluding carboxylic acids is 2. The van der Waals surface area contributed by atoms with Gasteiger partial charge in [0.05, 0.1) is 5.56 Å². The van der Waals surface area contributed by atoms with Gasteiger partial charge in [-0.2, -0.15) is 0 Å². The van der Waals surface area contributed by atoms with Crippen molar-refractivity contribution in [1.82, 2.24) is 5.32 Å². The molecule has 0 saturated heterocycles. The number of nitrogens with one attached hydrogen (secondary N) is 1. The second kappa shape index (κ2) is 6.79. The summed E-state index contributed by atoms with van der Waals surface area (Å²) in [7, 11) is 0. The van der Waals surface area contributed by atoms with Crippen molar-refractivity contribution in [3.63, 3.8) is 0 Å². The Balaban J connectivity index is 2.72. The lowest BCUT2D eigenvalue weighted by Gasteiger charge is -2.16. The van der Waals surface area contributed by atoms with Gasteiger partial charge in [-0.25, -0.2) is 0 Å². The minimum atomic E-state index is -0.614. The molecule has 1 rings (SSSR count). The van der Waals surface area contributed by atoms with Crippen molar-refractivity contribution in [3.05, 3.63) is 29.8 Å². The van der Waals surface area contributed by atoms with E-state index in [1.807, 2.05) is 6.92 Å². The van der Waals surface area contributed by atoms with Gasteiger partial charge in [-0.3, -0.25) is 9.59 Å². The zero-order chi connectivity index (χ0) is 13.5. The first-order valence-electron chi connectivity index (χ1n) is 6.10. The lowest BCUT2D eigenvalue weighted by Crippen LogP contribution is -2.36. The fraction of sp³-hybridized carbons (Fsp3) is 0.429. The maximum atomic E-state index is 11.7. The summed E-state index contributed by atoms with van der Waals surface area (Å²) in [6.07, 6.45) is 0.264. The highest BCUT2D eigenvalue weighted by Crippen LogP contribution is 2.19. The minimum absolute atomic E-state index is 0.0771. The lowest BCUT2D eigenvalue weighted by atomic mass is 10.1. The summed E-state index contributed by atoms with van der Waals surface area (Å²) in [5, 5.41) is 2.75. The Hall–Kier alpha value is -1.84. The highest BCUT2D eigenvalue weighted by atomic mass is 16.5. The van der Waals surface area contributed by atoms with E-state index >= 15 is 0 Å². The zero-order valence-corrected chi connectivity index (χ0v) is 11.0. The van der Waals surface area contributed by atoms with E-state index in [0.717, 1.165) is 6.42 Å². The third-order valence-electron chi connectivity index (χ3n) is 2.49. The number of rotatable bonds is 6. The molecule has 1 unspecified atom stereocenters. The fourth-order valence-corrected chi connectivity index (χ4v) is 1.50. The van der Waals surface area contributed by atoms with E-state index in [1.54, 1.807) is 31.2 Å². The van der Waals surface area contributed by atoms with E-state index < -0.39 is 6.10 Å². The molecule has 18 heavy (non-hydrogen) atoms. The molecule has 0 aromatic heterocycles. The summed E-state index contributed by atoms with van der Waals surface area (Å²) < 4.78 is 5.53. The van der Waals surface area contributed by atoms with E-state index in [-0.39, 0.29) is 11.7 Å². The molecule has 0 bridgehead atoms. The maximum absolute atomic E-state index is 11.7. The van der Waals surface area contributed by atoms with Gasteiger partial charge in [0.2, 0.25) is 0 Å². The predicted octanol–water partition coefficient (Wildman–Crippen LogP) is 2.18. The standard InChI is InChI=1S/C14H19NO3/c1-4-9-15-14(17)11(3)18-13-8-6-5-7-12(13)10(2)16/h5-8,11H,4,9H2,1-3H3,(H,15,17). The molecule has 0 fully saturated rings. The molecule has 0 aliphatic heterocycles. The molecule has 4 heteroatoms. The van der Waals surface area contributed by atoms with Crippen LogP contribution in [0.15, 0.2) is 24.3 Å². The Morgan fingerprint density at radius 3 is 2.61 bits per heavy atom. The van der Waals surface area contributed by atoms with Crippen LogP contribution in [0.1, 0.15) is 37.6 Å². The molecule has 0 aliphatic carbocycles. The number of amides is 1. The molecule has 98 valence electrons. The van der Waals surface area contributed by atoms with Gasteiger partial charge in [0.1, 0.15) is 5.75 Å². The first kappa shape index (κ1) is 14.2. The van der Waals surface area contributed by atoms with Gasteiger partial charge in [-0.1, -0.05) is 19.1 Å². The van der Waals surface area contributed by atoms with Crippen LogP contribution in [0.4, 0.5) is 0 Å². The molecular weight excluding hydrogens is 230 g/mol. The second-order valence-corrected chi connectivity index (χ2v) is 4.10. The fourth-order valence-electron chi connectivity index (χ4n) is 1.50.